The molecule has 30 heavy (non-hydrogen) atoms. The number of nitrogens with zero attached hydrogens (tertiary/aromatic N) is 3. The van der Waals surface area contributed by atoms with Crippen LogP contribution in [0.15, 0.2) is 53.5 Å². The molecule has 3 rings (SSSR count). The summed E-state index contributed by atoms with van der Waals surface area (Å²) < 4.78 is 5.43. The Bertz CT molecular complexity index is 839. The first-order valence-electron chi connectivity index (χ1n) is 9.70. The number of rotatable bonds is 7. The molecule has 9 heteroatoms. The summed E-state index contributed by atoms with van der Waals surface area (Å²) in [5.74, 6) is 0.685. The summed E-state index contributed by atoms with van der Waals surface area (Å²) in [6.45, 7) is 5.61. The number of hydrogen-bond acceptors (Lipinski definition) is 5. The number of hydrogen-bond donors (Lipinski definition) is 2. The van der Waals surface area contributed by atoms with Gasteiger partial charge in [-0.15, -0.1) is 24.0 Å². The number of ether oxygens (including phenoxy) is 1. The van der Waals surface area contributed by atoms with Crippen molar-refractivity contribution >= 4 is 35.6 Å². The van der Waals surface area contributed by atoms with E-state index in [-0.39, 0.29) is 29.7 Å². The van der Waals surface area contributed by atoms with E-state index < -0.39 is 4.92 Å². The minimum absolute atomic E-state index is 0. The number of aliphatic imine (C=N–C) groups is 1. The monoisotopic (exact) mass is 525 g/mol. The Balaban J connectivity index is 0.00000320. The predicted molar refractivity (Wildman–Crippen MR) is 128 cm³/mol. The summed E-state index contributed by atoms with van der Waals surface area (Å²) in [5.41, 5.74) is 3.57. The minimum Gasteiger partial charge on any atom is -0.379 e. The number of halogens is 1. The molecule has 0 amide bonds. The summed E-state index contributed by atoms with van der Waals surface area (Å²) in [7, 11) is 1.73. The Morgan fingerprint density at radius 3 is 2.33 bits per heavy atom. The quantitative estimate of drug-likeness (QED) is 0.190. The fourth-order valence-corrected chi connectivity index (χ4v) is 3.21. The number of morpholine rings is 1. The second kappa shape index (κ2) is 12.5. The third kappa shape index (κ3) is 7.22. The lowest BCUT2D eigenvalue weighted by molar-refractivity contribution is -0.384. The maximum atomic E-state index is 10.7. The summed E-state index contributed by atoms with van der Waals surface area (Å²) >= 11 is 0. The Hall–Kier alpha value is -2.24. The zero-order chi connectivity index (χ0) is 20.5. The van der Waals surface area contributed by atoms with Crippen molar-refractivity contribution in [1.29, 1.82) is 0 Å². The Morgan fingerprint density at radius 2 is 1.70 bits per heavy atom. The van der Waals surface area contributed by atoms with Crippen molar-refractivity contribution in [3.8, 4) is 0 Å². The summed E-state index contributed by atoms with van der Waals surface area (Å²) in [6.07, 6.45) is 0. The molecule has 0 atom stereocenters. The molecular weight excluding hydrogens is 497 g/mol. The first-order chi connectivity index (χ1) is 14.2. The molecule has 0 unspecified atom stereocenters. The van der Waals surface area contributed by atoms with E-state index in [0.717, 1.165) is 38.4 Å². The Labute approximate surface area is 193 Å². The van der Waals surface area contributed by atoms with Gasteiger partial charge in [-0.2, -0.15) is 0 Å². The molecule has 8 nitrogen and oxygen atoms in total. The Morgan fingerprint density at radius 1 is 1.07 bits per heavy atom. The van der Waals surface area contributed by atoms with Gasteiger partial charge in [0.1, 0.15) is 0 Å². The number of nitro groups is 1. The van der Waals surface area contributed by atoms with Gasteiger partial charge in [0.25, 0.3) is 5.69 Å². The number of nitro benzene ring substituents is 1. The van der Waals surface area contributed by atoms with Gasteiger partial charge in [-0.25, -0.2) is 0 Å². The average molecular weight is 525 g/mol. The van der Waals surface area contributed by atoms with Crippen LogP contribution in [-0.4, -0.2) is 49.1 Å². The summed E-state index contributed by atoms with van der Waals surface area (Å²) in [4.78, 5) is 17.0. The molecular formula is C21H28IN5O3. The van der Waals surface area contributed by atoms with Crippen LogP contribution in [0.5, 0.6) is 0 Å². The van der Waals surface area contributed by atoms with Gasteiger partial charge in [0.15, 0.2) is 5.96 Å². The molecule has 1 saturated heterocycles. The Kier molecular flexibility index (Phi) is 9.98. The molecule has 1 aliphatic heterocycles. The fraction of sp³-hybridized carbons (Fsp3) is 0.381. The molecule has 0 spiro atoms. The van der Waals surface area contributed by atoms with Crippen molar-refractivity contribution in [2.24, 2.45) is 4.99 Å². The number of nitrogens with one attached hydrogen (secondary N) is 2. The van der Waals surface area contributed by atoms with E-state index in [4.69, 9.17) is 4.74 Å². The van der Waals surface area contributed by atoms with Crippen LogP contribution in [0.4, 0.5) is 5.69 Å². The van der Waals surface area contributed by atoms with Crippen molar-refractivity contribution in [2.45, 2.75) is 19.6 Å². The molecule has 0 radical (unpaired) electrons. The van der Waals surface area contributed by atoms with Gasteiger partial charge >= 0.3 is 0 Å². The zero-order valence-corrected chi connectivity index (χ0v) is 19.4. The van der Waals surface area contributed by atoms with Crippen LogP contribution >= 0.6 is 24.0 Å². The summed E-state index contributed by atoms with van der Waals surface area (Å²) in [6, 6.07) is 14.9. The van der Waals surface area contributed by atoms with Gasteiger partial charge in [-0.1, -0.05) is 36.4 Å². The van der Waals surface area contributed by atoms with Crippen molar-refractivity contribution in [3.05, 3.63) is 75.3 Å². The molecule has 0 bridgehead atoms. The van der Waals surface area contributed by atoms with Crippen molar-refractivity contribution < 1.29 is 9.66 Å². The number of guanidine groups is 1. The van der Waals surface area contributed by atoms with Crippen LogP contribution in [0, 0.1) is 10.1 Å². The van der Waals surface area contributed by atoms with Gasteiger partial charge < -0.3 is 15.4 Å². The van der Waals surface area contributed by atoms with E-state index in [1.807, 2.05) is 6.07 Å². The topological polar surface area (TPSA) is 92.0 Å². The first-order valence-corrected chi connectivity index (χ1v) is 9.70. The predicted octanol–water partition coefficient (Wildman–Crippen LogP) is 2.91. The average Bonchev–Trinajstić information content (AvgIpc) is 2.76. The van der Waals surface area contributed by atoms with Gasteiger partial charge in [0.05, 0.1) is 18.1 Å². The molecule has 1 heterocycles. The van der Waals surface area contributed by atoms with Crippen LogP contribution < -0.4 is 10.6 Å². The van der Waals surface area contributed by atoms with E-state index in [1.54, 1.807) is 19.2 Å². The highest BCUT2D eigenvalue weighted by Gasteiger charge is 2.13. The lowest BCUT2D eigenvalue weighted by atomic mass is 10.1. The molecule has 0 aromatic heterocycles. The highest BCUT2D eigenvalue weighted by atomic mass is 127. The molecule has 0 aliphatic carbocycles. The van der Waals surface area contributed by atoms with Crippen LogP contribution in [0.25, 0.3) is 0 Å². The third-order valence-electron chi connectivity index (χ3n) is 4.89. The highest BCUT2D eigenvalue weighted by Crippen LogP contribution is 2.13. The van der Waals surface area contributed by atoms with Gasteiger partial charge in [-0.3, -0.25) is 20.0 Å². The standard InChI is InChI=1S/C21H27N5O3.HI/c1-22-21(23-14-17-6-8-20(9-7-17)26(27)28)24-15-18-4-2-3-5-19(18)16-25-10-12-29-13-11-25;/h2-9H,10-16H2,1H3,(H2,22,23,24);1H. The lowest BCUT2D eigenvalue weighted by Gasteiger charge is -2.27. The van der Waals surface area contributed by atoms with Gasteiger partial charge in [0.2, 0.25) is 0 Å². The number of non-ortho nitro benzene ring substituents is 1. The van der Waals surface area contributed by atoms with E-state index in [1.165, 1.54) is 23.3 Å². The van der Waals surface area contributed by atoms with Crippen LogP contribution in [0.3, 0.4) is 0 Å². The smallest absolute Gasteiger partial charge is 0.269 e. The second-order valence-corrected chi connectivity index (χ2v) is 6.86. The zero-order valence-electron chi connectivity index (χ0n) is 17.0. The lowest BCUT2D eigenvalue weighted by Crippen LogP contribution is -2.37. The molecule has 1 fully saturated rings. The van der Waals surface area contributed by atoms with Gasteiger partial charge in [-0.05, 0) is 16.7 Å². The largest absolute Gasteiger partial charge is 0.379 e. The molecule has 2 N–H and O–H groups in total. The molecule has 162 valence electrons. The van der Waals surface area contributed by atoms with Crippen LogP contribution in [0.2, 0.25) is 0 Å². The van der Waals surface area contributed by atoms with E-state index in [0.29, 0.717) is 19.0 Å². The van der Waals surface area contributed by atoms with Crippen LogP contribution in [-0.2, 0) is 24.4 Å². The third-order valence-corrected chi connectivity index (χ3v) is 4.89. The molecule has 2 aromatic rings. The van der Waals surface area contributed by atoms with E-state index in [9.17, 15) is 10.1 Å². The first kappa shape index (κ1) is 24.0. The molecule has 2 aromatic carbocycles. The van der Waals surface area contributed by atoms with Crippen LogP contribution in [0.1, 0.15) is 16.7 Å². The highest BCUT2D eigenvalue weighted by molar-refractivity contribution is 14.0. The second-order valence-electron chi connectivity index (χ2n) is 6.86. The fourth-order valence-electron chi connectivity index (χ4n) is 3.21. The van der Waals surface area contributed by atoms with Gasteiger partial charge in [0, 0.05) is 51.9 Å². The summed E-state index contributed by atoms with van der Waals surface area (Å²) in [5, 5.41) is 17.3. The van der Waals surface area contributed by atoms with Crippen molar-refractivity contribution in [3.63, 3.8) is 0 Å². The van der Waals surface area contributed by atoms with E-state index in [2.05, 4.69) is 38.7 Å². The maximum absolute atomic E-state index is 10.7. The minimum atomic E-state index is -0.397. The maximum Gasteiger partial charge on any atom is 0.269 e. The van der Waals surface area contributed by atoms with Crippen molar-refractivity contribution in [1.82, 2.24) is 15.5 Å². The molecule has 0 saturated carbocycles. The number of benzene rings is 2. The SMILES string of the molecule is CN=C(NCc1ccc([N+](=O)[O-])cc1)NCc1ccccc1CN1CCOCC1.I. The van der Waals surface area contributed by atoms with Crippen molar-refractivity contribution in [2.75, 3.05) is 33.4 Å². The van der Waals surface area contributed by atoms with E-state index >= 15 is 0 Å². The molecule has 1 aliphatic rings. The normalized spacial score (nSPS) is 14.6.